The second-order valence-electron chi connectivity index (χ2n) is 5.11. The summed E-state index contributed by atoms with van der Waals surface area (Å²) in [4.78, 5) is 25.3. The highest BCUT2D eigenvalue weighted by Crippen LogP contribution is 2.24. The van der Waals surface area contributed by atoms with E-state index in [9.17, 15) is 14.9 Å². The number of ether oxygens (including phenoxy) is 1. The van der Waals surface area contributed by atoms with Crippen molar-refractivity contribution in [3.63, 3.8) is 0 Å². The van der Waals surface area contributed by atoms with Crippen molar-refractivity contribution in [1.29, 1.82) is 0 Å². The standard InChI is InChI=1S/C16H17ClN2O4S/c1-3-18(9-13-5-7-15(17)24-13)16(20)10-23-12-4-6-14(19(21)22)11(2)8-12/h4-8H,3,9-10H2,1-2H3. The summed E-state index contributed by atoms with van der Waals surface area (Å²) in [6, 6.07) is 8.12. The topological polar surface area (TPSA) is 72.7 Å². The summed E-state index contributed by atoms with van der Waals surface area (Å²) in [7, 11) is 0. The molecule has 1 heterocycles. The number of halogens is 1. The molecule has 0 saturated heterocycles. The molecule has 1 amide bonds. The summed E-state index contributed by atoms with van der Waals surface area (Å²) in [5, 5.41) is 10.8. The SMILES string of the molecule is CCN(Cc1ccc(Cl)s1)C(=O)COc1ccc([N+](=O)[O-])c(C)c1. The third-order valence-electron chi connectivity index (χ3n) is 3.44. The average Bonchev–Trinajstić information content (AvgIpc) is 2.95. The summed E-state index contributed by atoms with van der Waals surface area (Å²) < 4.78 is 6.16. The van der Waals surface area contributed by atoms with E-state index in [0.717, 1.165) is 4.88 Å². The minimum absolute atomic E-state index is 0.0263. The zero-order valence-electron chi connectivity index (χ0n) is 13.3. The van der Waals surface area contributed by atoms with Crippen LogP contribution in [0.3, 0.4) is 0 Å². The maximum absolute atomic E-state index is 12.3. The number of nitro benzene ring substituents is 1. The van der Waals surface area contributed by atoms with Crippen LogP contribution in [0.25, 0.3) is 0 Å². The van der Waals surface area contributed by atoms with E-state index < -0.39 is 4.92 Å². The number of thiophene rings is 1. The Bertz CT molecular complexity index is 747. The lowest BCUT2D eigenvalue weighted by Crippen LogP contribution is -2.34. The molecular formula is C16H17ClN2O4S. The van der Waals surface area contributed by atoms with Crippen LogP contribution in [0, 0.1) is 17.0 Å². The molecule has 1 aromatic carbocycles. The van der Waals surface area contributed by atoms with Crippen LogP contribution in [0.5, 0.6) is 5.75 Å². The molecule has 0 fully saturated rings. The average molecular weight is 369 g/mol. The molecule has 6 nitrogen and oxygen atoms in total. The molecule has 0 spiro atoms. The molecule has 0 aliphatic carbocycles. The van der Waals surface area contributed by atoms with Gasteiger partial charge in [-0.05, 0) is 38.1 Å². The second kappa shape index (κ2) is 8.12. The Morgan fingerprint density at radius 3 is 2.67 bits per heavy atom. The molecule has 0 N–H and O–H groups in total. The normalized spacial score (nSPS) is 10.5. The van der Waals surface area contributed by atoms with Crippen LogP contribution in [0.4, 0.5) is 5.69 Å². The molecule has 0 unspecified atom stereocenters. The first kappa shape index (κ1) is 18.2. The van der Waals surface area contributed by atoms with E-state index in [4.69, 9.17) is 16.3 Å². The van der Waals surface area contributed by atoms with Crippen LogP contribution < -0.4 is 4.74 Å². The van der Waals surface area contributed by atoms with E-state index in [1.807, 2.05) is 13.0 Å². The molecule has 24 heavy (non-hydrogen) atoms. The number of amides is 1. The molecular weight excluding hydrogens is 352 g/mol. The Labute approximate surface area is 148 Å². The van der Waals surface area contributed by atoms with Crippen molar-refractivity contribution in [2.75, 3.05) is 13.2 Å². The van der Waals surface area contributed by atoms with E-state index in [2.05, 4.69) is 0 Å². The van der Waals surface area contributed by atoms with E-state index in [1.165, 1.54) is 23.5 Å². The Morgan fingerprint density at radius 1 is 1.38 bits per heavy atom. The maximum atomic E-state index is 12.3. The van der Waals surface area contributed by atoms with Crippen LogP contribution in [-0.2, 0) is 11.3 Å². The van der Waals surface area contributed by atoms with Gasteiger partial charge in [0.15, 0.2) is 6.61 Å². The van der Waals surface area contributed by atoms with Crippen molar-refractivity contribution in [3.8, 4) is 5.75 Å². The number of hydrogen-bond acceptors (Lipinski definition) is 5. The Balaban J connectivity index is 1.95. The zero-order valence-corrected chi connectivity index (χ0v) is 14.9. The van der Waals surface area contributed by atoms with Gasteiger partial charge >= 0.3 is 0 Å². The van der Waals surface area contributed by atoms with Crippen LogP contribution >= 0.6 is 22.9 Å². The lowest BCUT2D eigenvalue weighted by atomic mass is 10.2. The molecule has 0 atom stereocenters. The van der Waals surface area contributed by atoms with Crippen molar-refractivity contribution < 1.29 is 14.5 Å². The number of nitrogens with zero attached hydrogens (tertiary/aromatic N) is 2. The number of carbonyl (C=O) groups is 1. The molecule has 128 valence electrons. The molecule has 2 rings (SSSR count). The van der Waals surface area contributed by atoms with Crippen LogP contribution in [0.2, 0.25) is 4.34 Å². The third-order valence-corrected chi connectivity index (χ3v) is 4.65. The summed E-state index contributed by atoms with van der Waals surface area (Å²) in [5.41, 5.74) is 0.518. The number of aryl methyl sites for hydroxylation is 1. The van der Waals surface area contributed by atoms with Crippen molar-refractivity contribution in [3.05, 3.63) is 55.2 Å². The molecule has 0 saturated carbocycles. The van der Waals surface area contributed by atoms with Gasteiger partial charge in [-0.15, -0.1) is 11.3 Å². The number of benzene rings is 1. The highest BCUT2D eigenvalue weighted by molar-refractivity contribution is 7.16. The summed E-state index contributed by atoms with van der Waals surface area (Å²) in [6.07, 6.45) is 0. The predicted octanol–water partition coefficient (Wildman–Crippen LogP) is 4.05. The Hall–Kier alpha value is -2.12. The van der Waals surface area contributed by atoms with Gasteiger partial charge in [-0.2, -0.15) is 0 Å². The van der Waals surface area contributed by atoms with Gasteiger partial charge in [-0.25, -0.2) is 0 Å². The molecule has 0 radical (unpaired) electrons. The number of carbonyl (C=O) groups excluding carboxylic acids is 1. The number of rotatable bonds is 7. The van der Waals surface area contributed by atoms with E-state index in [0.29, 0.717) is 28.7 Å². The van der Waals surface area contributed by atoms with Gasteiger partial charge in [-0.1, -0.05) is 11.6 Å². The first-order chi connectivity index (χ1) is 11.4. The molecule has 2 aromatic rings. The van der Waals surface area contributed by atoms with Gasteiger partial charge in [0.2, 0.25) is 0 Å². The van der Waals surface area contributed by atoms with Gasteiger partial charge in [0.1, 0.15) is 5.75 Å². The summed E-state index contributed by atoms with van der Waals surface area (Å²) in [5.74, 6) is 0.277. The van der Waals surface area contributed by atoms with Crippen LogP contribution in [0.15, 0.2) is 30.3 Å². The first-order valence-electron chi connectivity index (χ1n) is 7.30. The number of likely N-dealkylation sites (N-methyl/N-ethyl adjacent to an activating group) is 1. The second-order valence-corrected chi connectivity index (χ2v) is 6.91. The van der Waals surface area contributed by atoms with Gasteiger partial charge in [0, 0.05) is 23.1 Å². The van der Waals surface area contributed by atoms with Crippen molar-refractivity contribution in [2.24, 2.45) is 0 Å². The predicted molar refractivity (Wildman–Crippen MR) is 93.7 cm³/mol. The molecule has 0 aliphatic heterocycles. The van der Waals surface area contributed by atoms with Gasteiger partial charge in [-0.3, -0.25) is 14.9 Å². The van der Waals surface area contributed by atoms with E-state index in [1.54, 1.807) is 24.0 Å². The summed E-state index contributed by atoms with van der Waals surface area (Å²) in [6.45, 7) is 4.44. The zero-order chi connectivity index (χ0) is 17.7. The van der Waals surface area contributed by atoms with E-state index in [-0.39, 0.29) is 18.2 Å². The summed E-state index contributed by atoms with van der Waals surface area (Å²) >= 11 is 7.34. The largest absolute Gasteiger partial charge is 0.484 e. The Morgan fingerprint density at radius 2 is 2.12 bits per heavy atom. The quantitative estimate of drug-likeness (QED) is 0.546. The number of hydrogen-bond donors (Lipinski definition) is 0. The molecule has 8 heteroatoms. The Kier molecular flexibility index (Phi) is 6.16. The fraction of sp³-hybridized carbons (Fsp3) is 0.312. The minimum atomic E-state index is -0.449. The molecule has 1 aromatic heterocycles. The van der Waals surface area contributed by atoms with Crippen molar-refractivity contribution in [1.82, 2.24) is 4.90 Å². The number of nitro groups is 1. The lowest BCUT2D eigenvalue weighted by Gasteiger charge is -2.20. The monoisotopic (exact) mass is 368 g/mol. The first-order valence-corrected chi connectivity index (χ1v) is 8.50. The van der Waals surface area contributed by atoms with Crippen molar-refractivity contribution in [2.45, 2.75) is 20.4 Å². The third kappa shape index (κ3) is 4.69. The van der Waals surface area contributed by atoms with Crippen LogP contribution in [-0.4, -0.2) is 28.9 Å². The molecule has 0 aliphatic rings. The fourth-order valence-electron chi connectivity index (χ4n) is 2.16. The smallest absolute Gasteiger partial charge is 0.272 e. The van der Waals surface area contributed by atoms with Gasteiger partial charge in [0.25, 0.3) is 11.6 Å². The molecule has 0 bridgehead atoms. The lowest BCUT2D eigenvalue weighted by molar-refractivity contribution is -0.385. The van der Waals surface area contributed by atoms with E-state index >= 15 is 0 Å². The van der Waals surface area contributed by atoms with Gasteiger partial charge in [0.05, 0.1) is 15.8 Å². The van der Waals surface area contributed by atoms with Gasteiger partial charge < -0.3 is 9.64 Å². The van der Waals surface area contributed by atoms with Crippen LogP contribution in [0.1, 0.15) is 17.4 Å². The van der Waals surface area contributed by atoms with Crippen molar-refractivity contribution >= 4 is 34.5 Å². The highest BCUT2D eigenvalue weighted by atomic mass is 35.5. The maximum Gasteiger partial charge on any atom is 0.272 e. The minimum Gasteiger partial charge on any atom is -0.484 e. The fourth-order valence-corrected chi connectivity index (χ4v) is 3.26. The highest BCUT2D eigenvalue weighted by Gasteiger charge is 2.15.